The fourth-order valence-corrected chi connectivity index (χ4v) is 3.44. The fourth-order valence-electron chi connectivity index (χ4n) is 3.44. The van der Waals surface area contributed by atoms with Gasteiger partial charge >= 0.3 is 12.1 Å². The molecule has 30 heavy (non-hydrogen) atoms. The maximum Gasteiger partial charge on any atom is 0.407 e. The van der Waals surface area contributed by atoms with E-state index in [2.05, 4.69) is 18.8 Å². The van der Waals surface area contributed by atoms with Crippen LogP contribution in [0.1, 0.15) is 117 Å². The van der Waals surface area contributed by atoms with E-state index in [0.29, 0.717) is 13.0 Å². The molecule has 0 aliphatic rings. The fraction of sp³-hybridized carbons (Fsp3) is 0.840. The van der Waals surface area contributed by atoms with Gasteiger partial charge < -0.3 is 14.8 Å². The molecular formula is C25H47NO4. The molecule has 0 aromatic heterocycles. The van der Waals surface area contributed by atoms with E-state index in [9.17, 15) is 9.59 Å². The van der Waals surface area contributed by atoms with E-state index in [1.807, 2.05) is 0 Å². The van der Waals surface area contributed by atoms with Crippen molar-refractivity contribution in [3.05, 3.63) is 12.7 Å². The number of amides is 1. The van der Waals surface area contributed by atoms with Crippen LogP contribution < -0.4 is 5.32 Å². The van der Waals surface area contributed by atoms with E-state index in [4.69, 9.17) is 9.47 Å². The van der Waals surface area contributed by atoms with Crippen LogP contribution in [0.5, 0.6) is 0 Å². The number of hydrogen-bond donors (Lipinski definition) is 1. The SMILES string of the molecule is C=CCC(NC(=O)OCC)C(=O)OCCCCCCCCCCCCCCCCC. The van der Waals surface area contributed by atoms with Crippen LogP contribution in [-0.2, 0) is 14.3 Å². The van der Waals surface area contributed by atoms with E-state index in [0.717, 1.165) is 12.8 Å². The van der Waals surface area contributed by atoms with Crippen molar-refractivity contribution in [2.24, 2.45) is 0 Å². The Hall–Kier alpha value is -1.52. The highest BCUT2D eigenvalue weighted by Gasteiger charge is 2.21. The van der Waals surface area contributed by atoms with Crippen molar-refractivity contribution in [2.75, 3.05) is 13.2 Å². The molecule has 0 heterocycles. The van der Waals surface area contributed by atoms with Crippen LogP contribution in [0.4, 0.5) is 4.79 Å². The van der Waals surface area contributed by atoms with Crippen LogP contribution in [0.3, 0.4) is 0 Å². The molecule has 0 spiro atoms. The predicted molar refractivity (Wildman–Crippen MR) is 125 cm³/mol. The van der Waals surface area contributed by atoms with Crippen LogP contribution in [-0.4, -0.2) is 31.3 Å². The highest BCUT2D eigenvalue weighted by molar-refractivity contribution is 5.81. The average molecular weight is 426 g/mol. The Morgan fingerprint density at radius 3 is 1.67 bits per heavy atom. The van der Waals surface area contributed by atoms with Crippen molar-refractivity contribution < 1.29 is 19.1 Å². The molecule has 0 aromatic carbocycles. The summed E-state index contributed by atoms with van der Waals surface area (Å²) in [7, 11) is 0. The van der Waals surface area contributed by atoms with Crippen LogP contribution >= 0.6 is 0 Å². The minimum atomic E-state index is -0.724. The number of hydrogen-bond acceptors (Lipinski definition) is 4. The van der Waals surface area contributed by atoms with Gasteiger partial charge in [-0.05, 0) is 19.8 Å². The molecule has 1 atom stereocenters. The second kappa shape index (κ2) is 22.2. The van der Waals surface area contributed by atoms with Crippen LogP contribution in [0.15, 0.2) is 12.7 Å². The van der Waals surface area contributed by atoms with E-state index in [1.165, 1.54) is 83.5 Å². The molecule has 176 valence electrons. The lowest BCUT2D eigenvalue weighted by molar-refractivity contribution is -0.146. The van der Waals surface area contributed by atoms with Gasteiger partial charge in [-0.25, -0.2) is 9.59 Å². The third-order valence-electron chi connectivity index (χ3n) is 5.25. The summed E-state index contributed by atoms with van der Waals surface area (Å²) in [6.07, 6.45) is 20.9. The number of unbranched alkanes of at least 4 members (excludes halogenated alkanes) is 14. The van der Waals surface area contributed by atoms with Gasteiger partial charge in [0.2, 0.25) is 0 Å². The van der Waals surface area contributed by atoms with Gasteiger partial charge in [0.25, 0.3) is 0 Å². The zero-order chi connectivity index (χ0) is 22.3. The summed E-state index contributed by atoms with van der Waals surface area (Å²) in [6.45, 7) is 8.26. The summed E-state index contributed by atoms with van der Waals surface area (Å²) in [6, 6.07) is -0.724. The second-order valence-electron chi connectivity index (χ2n) is 8.06. The molecule has 1 amide bonds. The molecule has 0 aliphatic carbocycles. The molecule has 1 N–H and O–H groups in total. The summed E-state index contributed by atoms with van der Waals surface area (Å²) in [5, 5.41) is 2.52. The molecule has 0 fully saturated rings. The van der Waals surface area contributed by atoms with Gasteiger partial charge in [0.15, 0.2) is 0 Å². The third kappa shape index (κ3) is 18.5. The summed E-state index contributed by atoms with van der Waals surface area (Å²) in [5.74, 6) is -0.423. The van der Waals surface area contributed by atoms with Crippen molar-refractivity contribution in [1.82, 2.24) is 5.32 Å². The molecular weight excluding hydrogens is 378 g/mol. The maximum atomic E-state index is 12.1. The highest BCUT2D eigenvalue weighted by Crippen LogP contribution is 2.13. The molecule has 0 aliphatic heterocycles. The first kappa shape index (κ1) is 28.5. The molecule has 5 heteroatoms. The van der Waals surface area contributed by atoms with Crippen molar-refractivity contribution in [1.29, 1.82) is 0 Å². The van der Waals surface area contributed by atoms with Gasteiger partial charge in [-0.15, -0.1) is 6.58 Å². The number of carbonyl (C=O) groups is 2. The zero-order valence-electron chi connectivity index (χ0n) is 19.7. The van der Waals surface area contributed by atoms with Gasteiger partial charge in [0.05, 0.1) is 13.2 Å². The first-order valence-corrected chi connectivity index (χ1v) is 12.4. The number of carbonyl (C=O) groups excluding carboxylic acids is 2. The van der Waals surface area contributed by atoms with Gasteiger partial charge in [-0.1, -0.05) is 103 Å². The van der Waals surface area contributed by atoms with E-state index < -0.39 is 18.1 Å². The zero-order valence-corrected chi connectivity index (χ0v) is 19.7. The van der Waals surface area contributed by atoms with Crippen molar-refractivity contribution in [3.63, 3.8) is 0 Å². The van der Waals surface area contributed by atoms with Gasteiger partial charge in [-0.3, -0.25) is 0 Å². The monoisotopic (exact) mass is 425 g/mol. The average Bonchev–Trinajstić information content (AvgIpc) is 2.73. The lowest BCUT2D eigenvalue weighted by Gasteiger charge is -2.15. The Balaban J connectivity index is 3.49. The van der Waals surface area contributed by atoms with Crippen LogP contribution in [0.2, 0.25) is 0 Å². The molecule has 0 saturated heterocycles. The Morgan fingerprint density at radius 1 is 0.767 bits per heavy atom. The predicted octanol–water partition coefficient (Wildman–Crippen LogP) is 7.09. The number of esters is 1. The molecule has 0 rings (SSSR count). The quantitative estimate of drug-likeness (QED) is 0.121. The maximum absolute atomic E-state index is 12.1. The number of alkyl carbamates (subject to hydrolysis) is 1. The Bertz CT molecular complexity index is 425. The minimum absolute atomic E-state index is 0.265. The second-order valence-corrected chi connectivity index (χ2v) is 8.06. The molecule has 0 saturated carbocycles. The molecule has 0 radical (unpaired) electrons. The summed E-state index contributed by atoms with van der Waals surface area (Å²) in [4.78, 5) is 23.6. The summed E-state index contributed by atoms with van der Waals surface area (Å²) in [5.41, 5.74) is 0. The Morgan fingerprint density at radius 2 is 1.23 bits per heavy atom. The van der Waals surface area contributed by atoms with Crippen molar-refractivity contribution in [3.8, 4) is 0 Å². The van der Waals surface area contributed by atoms with E-state index in [1.54, 1.807) is 13.0 Å². The third-order valence-corrected chi connectivity index (χ3v) is 5.25. The number of nitrogens with one attached hydrogen (secondary N) is 1. The standard InChI is InChI=1S/C25H47NO4/c1-4-7-8-9-10-11-12-13-14-15-16-17-18-19-20-22-30-24(27)23(21-5-2)26-25(28)29-6-3/h5,23H,2,4,6-22H2,1,3H3,(H,26,28). The van der Waals surface area contributed by atoms with Gasteiger partial charge in [-0.2, -0.15) is 0 Å². The lowest BCUT2D eigenvalue weighted by Crippen LogP contribution is -2.41. The minimum Gasteiger partial charge on any atom is -0.464 e. The van der Waals surface area contributed by atoms with Crippen molar-refractivity contribution in [2.45, 2.75) is 123 Å². The Labute approximate surface area is 185 Å². The number of rotatable bonds is 21. The van der Waals surface area contributed by atoms with E-state index in [-0.39, 0.29) is 6.61 Å². The highest BCUT2D eigenvalue weighted by atomic mass is 16.6. The largest absolute Gasteiger partial charge is 0.464 e. The normalized spacial score (nSPS) is 11.7. The molecule has 0 aromatic rings. The smallest absolute Gasteiger partial charge is 0.407 e. The molecule has 0 bridgehead atoms. The summed E-state index contributed by atoms with van der Waals surface area (Å²) >= 11 is 0. The first-order valence-electron chi connectivity index (χ1n) is 12.4. The van der Waals surface area contributed by atoms with Crippen molar-refractivity contribution >= 4 is 12.1 Å². The summed E-state index contributed by atoms with van der Waals surface area (Å²) < 4.78 is 10.1. The van der Waals surface area contributed by atoms with Gasteiger partial charge in [0, 0.05) is 0 Å². The molecule has 5 nitrogen and oxygen atoms in total. The first-order chi connectivity index (χ1) is 14.7. The van der Waals surface area contributed by atoms with Gasteiger partial charge in [0.1, 0.15) is 6.04 Å². The van der Waals surface area contributed by atoms with Crippen LogP contribution in [0, 0.1) is 0 Å². The number of ether oxygens (including phenoxy) is 2. The molecule has 1 unspecified atom stereocenters. The lowest BCUT2D eigenvalue weighted by atomic mass is 10.0. The Kier molecular flexibility index (Phi) is 21.0. The van der Waals surface area contributed by atoms with Crippen LogP contribution in [0.25, 0.3) is 0 Å². The topological polar surface area (TPSA) is 64.6 Å². The van der Waals surface area contributed by atoms with E-state index >= 15 is 0 Å².